The van der Waals surface area contributed by atoms with E-state index < -0.39 is 0 Å². The lowest BCUT2D eigenvalue weighted by Crippen LogP contribution is -2.31. The molecule has 2 heterocycles. The predicted molar refractivity (Wildman–Crippen MR) is 121 cm³/mol. The average molecular weight is 455 g/mol. The highest BCUT2D eigenvalue weighted by Gasteiger charge is 2.34. The molecule has 2 aromatic carbocycles. The van der Waals surface area contributed by atoms with Crippen LogP contribution in [-0.2, 0) is 17.6 Å². The topological polar surface area (TPSA) is 60.5 Å². The van der Waals surface area contributed by atoms with Gasteiger partial charge in [-0.05, 0) is 54.2 Å². The lowest BCUT2D eigenvalue weighted by molar-refractivity contribution is -0.121. The van der Waals surface area contributed by atoms with Gasteiger partial charge in [0.1, 0.15) is 13.2 Å². The predicted octanol–water partition coefficient (Wildman–Crippen LogP) is 4.97. The number of hydrogen-bond acceptors (Lipinski definition) is 5. The maximum atomic E-state index is 12.8. The minimum absolute atomic E-state index is 0.00658. The fourth-order valence-corrected chi connectivity index (χ4v) is 4.92. The van der Waals surface area contributed by atoms with Crippen LogP contribution in [0.3, 0.4) is 0 Å². The number of thiazole rings is 1. The zero-order chi connectivity index (χ0) is 21.2. The van der Waals surface area contributed by atoms with Crippen LogP contribution in [0.25, 0.3) is 0 Å². The highest BCUT2D eigenvalue weighted by atomic mass is 35.5. The molecule has 0 saturated heterocycles. The van der Waals surface area contributed by atoms with Gasteiger partial charge >= 0.3 is 0 Å². The summed E-state index contributed by atoms with van der Waals surface area (Å²) in [7, 11) is 0. The first-order chi connectivity index (χ1) is 15.1. The zero-order valence-corrected chi connectivity index (χ0v) is 18.5. The highest BCUT2D eigenvalue weighted by Crippen LogP contribution is 2.43. The second kappa shape index (κ2) is 8.89. The second-order valence-electron chi connectivity index (χ2n) is 8.00. The molecule has 160 valence electrons. The van der Waals surface area contributed by atoms with Crippen molar-refractivity contribution in [2.75, 3.05) is 13.2 Å². The molecule has 0 radical (unpaired) electrons. The van der Waals surface area contributed by atoms with Crippen LogP contribution in [0.4, 0.5) is 0 Å². The van der Waals surface area contributed by atoms with Crippen LogP contribution in [0.2, 0.25) is 5.02 Å². The van der Waals surface area contributed by atoms with E-state index >= 15 is 0 Å². The quantitative estimate of drug-likeness (QED) is 0.547. The molecule has 2 aliphatic rings. The third kappa shape index (κ3) is 5.02. The molecule has 5 rings (SSSR count). The van der Waals surface area contributed by atoms with Crippen molar-refractivity contribution in [3.05, 3.63) is 74.7 Å². The van der Waals surface area contributed by atoms with Gasteiger partial charge in [0.05, 0.1) is 23.2 Å². The fourth-order valence-electron chi connectivity index (χ4n) is 3.88. The van der Waals surface area contributed by atoms with Gasteiger partial charge in [-0.1, -0.05) is 29.8 Å². The summed E-state index contributed by atoms with van der Waals surface area (Å²) in [5, 5.41) is 6.90. The van der Waals surface area contributed by atoms with Gasteiger partial charge in [0.15, 0.2) is 11.5 Å². The third-order valence-electron chi connectivity index (χ3n) is 5.52. The van der Waals surface area contributed by atoms with Crippen LogP contribution in [0.15, 0.2) is 47.8 Å². The van der Waals surface area contributed by atoms with Crippen molar-refractivity contribution in [2.24, 2.45) is 5.92 Å². The van der Waals surface area contributed by atoms with E-state index in [-0.39, 0.29) is 18.4 Å². The molecule has 1 atom stereocenters. The number of rotatable bonds is 7. The SMILES string of the molecule is O=C(Cc1csc(Cc2cccc(Cl)c2)n1)NC(c1ccc2c(c1)OCCO2)C1CC1. The van der Waals surface area contributed by atoms with Crippen LogP contribution >= 0.6 is 22.9 Å². The van der Waals surface area contributed by atoms with Crippen molar-refractivity contribution < 1.29 is 14.3 Å². The summed E-state index contributed by atoms with van der Waals surface area (Å²) < 4.78 is 11.3. The number of benzene rings is 2. The Morgan fingerprint density at radius 3 is 2.81 bits per heavy atom. The van der Waals surface area contributed by atoms with Crippen LogP contribution < -0.4 is 14.8 Å². The maximum Gasteiger partial charge on any atom is 0.226 e. The standard InChI is InChI=1S/C24H23ClN2O3S/c25-18-3-1-2-15(10-18)11-23-26-19(14-31-23)13-22(28)27-24(16-4-5-16)17-6-7-20-21(12-17)30-9-8-29-20/h1-3,6-7,10,12,14,16,24H,4-5,8-9,11,13H2,(H,27,28). The summed E-state index contributed by atoms with van der Waals surface area (Å²) in [6.45, 7) is 1.13. The van der Waals surface area contributed by atoms with Gasteiger partial charge in [-0.2, -0.15) is 0 Å². The van der Waals surface area contributed by atoms with Gasteiger partial charge < -0.3 is 14.8 Å². The molecule has 1 amide bonds. The van der Waals surface area contributed by atoms with Crippen molar-refractivity contribution in [1.82, 2.24) is 10.3 Å². The first-order valence-corrected chi connectivity index (χ1v) is 11.8. The first-order valence-electron chi connectivity index (χ1n) is 10.5. The lowest BCUT2D eigenvalue weighted by Gasteiger charge is -2.23. The highest BCUT2D eigenvalue weighted by molar-refractivity contribution is 7.09. The molecule has 1 unspecified atom stereocenters. The monoisotopic (exact) mass is 454 g/mol. The number of amides is 1. The molecule has 1 aliphatic carbocycles. The van der Waals surface area contributed by atoms with Gasteiger partial charge in [0, 0.05) is 16.8 Å². The van der Waals surface area contributed by atoms with Crippen molar-refractivity contribution >= 4 is 28.8 Å². The average Bonchev–Trinajstić information content (AvgIpc) is 3.52. The van der Waals surface area contributed by atoms with E-state index in [2.05, 4.69) is 10.3 Å². The third-order valence-corrected chi connectivity index (χ3v) is 6.65. The van der Waals surface area contributed by atoms with E-state index in [1.165, 1.54) is 0 Å². The van der Waals surface area contributed by atoms with Crippen molar-refractivity contribution in [1.29, 1.82) is 0 Å². The summed E-state index contributed by atoms with van der Waals surface area (Å²) in [5.74, 6) is 1.99. The second-order valence-corrected chi connectivity index (χ2v) is 9.38. The van der Waals surface area contributed by atoms with Gasteiger partial charge in [-0.25, -0.2) is 4.98 Å². The summed E-state index contributed by atoms with van der Waals surface area (Å²) in [6.07, 6.45) is 3.24. The smallest absolute Gasteiger partial charge is 0.226 e. The Labute approximate surface area is 190 Å². The van der Waals surface area contributed by atoms with Crippen LogP contribution in [0.1, 0.15) is 40.7 Å². The molecule has 1 saturated carbocycles. The molecular weight excluding hydrogens is 432 g/mol. The van der Waals surface area contributed by atoms with Crippen LogP contribution in [0, 0.1) is 5.92 Å². The molecule has 5 nitrogen and oxygen atoms in total. The molecule has 1 N–H and O–H groups in total. The van der Waals surface area contributed by atoms with Crippen molar-refractivity contribution in [3.63, 3.8) is 0 Å². The number of fused-ring (bicyclic) bond motifs is 1. The van der Waals surface area contributed by atoms with Gasteiger partial charge in [0.25, 0.3) is 0 Å². The van der Waals surface area contributed by atoms with Crippen molar-refractivity contribution in [2.45, 2.75) is 31.7 Å². The van der Waals surface area contributed by atoms with Gasteiger partial charge in [-0.3, -0.25) is 4.79 Å². The van der Waals surface area contributed by atoms with E-state index in [0.717, 1.165) is 57.6 Å². The molecule has 1 aliphatic heterocycles. The zero-order valence-electron chi connectivity index (χ0n) is 17.0. The Morgan fingerprint density at radius 1 is 1.16 bits per heavy atom. The van der Waals surface area contributed by atoms with Crippen molar-refractivity contribution in [3.8, 4) is 11.5 Å². The maximum absolute atomic E-state index is 12.8. The number of aromatic nitrogens is 1. The molecule has 31 heavy (non-hydrogen) atoms. The number of nitrogens with one attached hydrogen (secondary N) is 1. The van der Waals surface area contributed by atoms with E-state index in [1.54, 1.807) is 11.3 Å². The van der Waals surface area contributed by atoms with E-state index in [1.807, 2.05) is 47.8 Å². The molecule has 1 aromatic heterocycles. The largest absolute Gasteiger partial charge is 0.486 e. The molecule has 0 bridgehead atoms. The normalized spacial score (nSPS) is 16.0. The molecule has 1 fully saturated rings. The van der Waals surface area contributed by atoms with E-state index in [0.29, 0.717) is 19.1 Å². The summed E-state index contributed by atoms with van der Waals surface area (Å²) in [6, 6.07) is 13.8. The Balaban J connectivity index is 1.23. The van der Waals surface area contributed by atoms with E-state index in [9.17, 15) is 4.79 Å². The minimum atomic E-state index is -0.00797. The molecule has 3 aromatic rings. The minimum Gasteiger partial charge on any atom is -0.486 e. The number of halogens is 1. The summed E-state index contributed by atoms with van der Waals surface area (Å²) >= 11 is 7.65. The number of hydrogen-bond donors (Lipinski definition) is 1. The Kier molecular flexibility index (Phi) is 5.83. The van der Waals surface area contributed by atoms with Gasteiger partial charge in [0.2, 0.25) is 5.91 Å². The number of nitrogens with zero attached hydrogens (tertiary/aromatic N) is 1. The molecule has 7 heteroatoms. The summed E-state index contributed by atoms with van der Waals surface area (Å²) in [5.41, 5.74) is 2.99. The fraction of sp³-hybridized carbons (Fsp3) is 0.333. The van der Waals surface area contributed by atoms with E-state index in [4.69, 9.17) is 21.1 Å². The van der Waals surface area contributed by atoms with Crippen LogP contribution in [0.5, 0.6) is 11.5 Å². The lowest BCUT2D eigenvalue weighted by atomic mass is 10.0. The molecule has 0 spiro atoms. The van der Waals surface area contributed by atoms with Gasteiger partial charge in [-0.15, -0.1) is 11.3 Å². The number of carbonyl (C=O) groups excluding carboxylic acids is 1. The Hall–Kier alpha value is -2.57. The Morgan fingerprint density at radius 2 is 2.00 bits per heavy atom. The number of carbonyl (C=O) groups is 1. The number of ether oxygens (including phenoxy) is 2. The Bertz CT molecular complexity index is 1100. The first kappa shape index (κ1) is 20.3. The molecular formula is C24H23ClN2O3S. The summed E-state index contributed by atoms with van der Waals surface area (Å²) in [4.78, 5) is 17.5. The van der Waals surface area contributed by atoms with Crippen LogP contribution in [-0.4, -0.2) is 24.1 Å².